The van der Waals surface area contributed by atoms with Crippen LogP contribution in [-0.2, 0) is 10.2 Å². The van der Waals surface area contributed by atoms with Gasteiger partial charge in [0.05, 0.1) is 6.61 Å². The van der Waals surface area contributed by atoms with Crippen LogP contribution in [0.1, 0.15) is 32.8 Å². The van der Waals surface area contributed by atoms with Crippen LogP contribution in [-0.4, -0.2) is 38.5 Å². The molecule has 0 saturated carbocycles. The van der Waals surface area contributed by atoms with Gasteiger partial charge in [0.25, 0.3) is 5.17 Å². The summed E-state index contributed by atoms with van der Waals surface area (Å²) in [6.07, 6.45) is 0.884. The SMILES string of the molecule is CN(CCOCCCNC(=S)Oc1ccc(C(C)(C)C)cc1)c1ccsc1. The number of benzene rings is 1. The van der Waals surface area contributed by atoms with Gasteiger partial charge in [0.1, 0.15) is 5.75 Å². The van der Waals surface area contributed by atoms with Crippen molar-refractivity contribution in [2.75, 3.05) is 38.3 Å². The summed E-state index contributed by atoms with van der Waals surface area (Å²) in [5, 5.41) is 7.74. The number of thiocarbonyl (C=S) groups is 1. The largest absolute Gasteiger partial charge is 0.432 e. The maximum Gasteiger partial charge on any atom is 0.262 e. The van der Waals surface area contributed by atoms with Crippen LogP contribution in [0.4, 0.5) is 5.69 Å². The molecule has 148 valence electrons. The van der Waals surface area contributed by atoms with Gasteiger partial charge < -0.3 is 19.7 Å². The molecule has 2 rings (SSSR count). The van der Waals surface area contributed by atoms with Gasteiger partial charge in [0, 0.05) is 37.8 Å². The number of rotatable bonds is 9. The van der Waals surface area contributed by atoms with E-state index in [0.717, 1.165) is 25.3 Å². The van der Waals surface area contributed by atoms with E-state index >= 15 is 0 Å². The summed E-state index contributed by atoms with van der Waals surface area (Å²) in [7, 11) is 2.08. The Balaban J connectivity index is 1.54. The molecule has 0 atom stereocenters. The van der Waals surface area contributed by atoms with Crippen molar-refractivity contribution in [3.8, 4) is 5.75 Å². The van der Waals surface area contributed by atoms with Crippen molar-refractivity contribution in [1.29, 1.82) is 0 Å². The maximum atomic E-state index is 5.69. The molecule has 27 heavy (non-hydrogen) atoms. The molecule has 0 bridgehead atoms. The van der Waals surface area contributed by atoms with Gasteiger partial charge in [-0.15, -0.1) is 0 Å². The van der Waals surface area contributed by atoms with E-state index in [1.54, 1.807) is 11.3 Å². The van der Waals surface area contributed by atoms with Crippen LogP contribution >= 0.6 is 23.6 Å². The van der Waals surface area contributed by atoms with E-state index in [0.29, 0.717) is 18.4 Å². The quantitative estimate of drug-likeness (QED) is 0.476. The smallest absolute Gasteiger partial charge is 0.262 e. The highest BCUT2D eigenvalue weighted by Gasteiger charge is 2.13. The summed E-state index contributed by atoms with van der Waals surface area (Å²) >= 11 is 6.95. The third-order valence-corrected chi connectivity index (χ3v) is 5.08. The topological polar surface area (TPSA) is 33.7 Å². The summed E-state index contributed by atoms with van der Waals surface area (Å²) in [5.74, 6) is 0.758. The molecule has 0 radical (unpaired) electrons. The van der Waals surface area contributed by atoms with Crippen LogP contribution in [0, 0.1) is 0 Å². The lowest BCUT2D eigenvalue weighted by atomic mass is 9.87. The van der Waals surface area contributed by atoms with Gasteiger partial charge in [0.15, 0.2) is 0 Å². The van der Waals surface area contributed by atoms with Gasteiger partial charge in [-0.25, -0.2) is 0 Å². The molecular formula is C21H30N2O2S2. The van der Waals surface area contributed by atoms with E-state index < -0.39 is 0 Å². The van der Waals surface area contributed by atoms with Crippen molar-refractivity contribution in [3.05, 3.63) is 46.7 Å². The number of hydrogen-bond acceptors (Lipinski definition) is 5. The maximum absolute atomic E-state index is 5.69. The van der Waals surface area contributed by atoms with Crippen molar-refractivity contribution in [3.63, 3.8) is 0 Å². The summed E-state index contributed by atoms with van der Waals surface area (Å²) < 4.78 is 11.3. The molecule has 0 aliphatic heterocycles. The molecule has 1 heterocycles. The Hall–Kier alpha value is -1.63. The van der Waals surface area contributed by atoms with Gasteiger partial charge in [-0.2, -0.15) is 11.3 Å². The molecule has 0 aliphatic carbocycles. The third kappa shape index (κ3) is 7.87. The van der Waals surface area contributed by atoms with Crippen molar-refractivity contribution in [2.45, 2.75) is 32.6 Å². The molecule has 4 nitrogen and oxygen atoms in total. The van der Waals surface area contributed by atoms with Crippen LogP contribution in [0.15, 0.2) is 41.1 Å². The van der Waals surface area contributed by atoms with Crippen LogP contribution in [0.25, 0.3) is 0 Å². The Morgan fingerprint density at radius 2 is 1.89 bits per heavy atom. The molecule has 0 aliphatic rings. The predicted molar refractivity (Wildman–Crippen MR) is 119 cm³/mol. The molecule has 1 aromatic carbocycles. The molecule has 1 aromatic heterocycles. The van der Waals surface area contributed by atoms with Gasteiger partial charge >= 0.3 is 0 Å². The van der Waals surface area contributed by atoms with Crippen molar-refractivity contribution < 1.29 is 9.47 Å². The molecule has 0 saturated heterocycles. The van der Waals surface area contributed by atoms with E-state index in [2.05, 4.69) is 67.0 Å². The Morgan fingerprint density at radius 1 is 1.15 bits per heavy atom. The van der Waals surface area contributed by atoms with Crippen LogP contribution in [0.5, 0.6) is 5.75 Å². The zero-order valence-corrected chi connectivity index (χ0v) is 18.3. The first-order chi connectivity index (χ1) is 12.9. The van der Waals surface area contributed by atoms with Gasteiger partial charge in [-0.1, -0.05) is 32.9 Å². The lowest BCUT2D eigenvalue weighted by molar-refractivity contribution is 0.139. The minimum Gasteiger partial charge on any atom is -0.432 e. The van der Waals surface area contributed by atoms with E-state index in [9.17, 15) is 0 Å². The summed E-state index contributed by atoms with van der Waals surface area (Å²) in [6, 6.07) is 10.2. The van der Waals surface area contributed by atoms with Crippen LogP contribution in [0.3, 0.4) is 0 Å². The molecular weight excluding hydrogens is 376 g/mol. The highest BCUT2D eigenvalue weighted by atomic mass is 32.1. The molecule has 0 fully saturated rings. The van der Waals surface area contributed by atoms with Crippen molar-refractivity contribution in [2.24, 2.45) is 0 Å². The lowest BCUT2D eigenvalue weighted by Gasteiger charge is -2.19. The molecule has 2 aromatic rings. The van der Waals surface area contributed by atoms with E-state index in [1.807, 2.05) is 12.1 Å². The zero-order chi connectivity index (χ0) is 19.7. The Bertz CT molecular complexity index is 679. The van der Waals surface area contributed by atoms with Crippen molar-refractivity contribution >= 4 is 34.4 Å². The first kappa shape index (κ1) is 21.7. The molecule has 6 heteroatoms. The number of hydrogen-bond donors (Lipinski definition) is 1. The van der Waals surface area contributed by atoms with E-state index in [4.69, 9.17) is 21.7 Å². The number of likely N-dealkylation sites (N-methyl/N-ethyl adjacent to an activating group) is 1. The normalized spacial score (nSPS) is 11.3. The Kier molecular flexibility index (Phi) is 8.54. The monoisotopic (exact) mass is 406 g/mol. The zero-order valence-electron chi connectivity index (χ0n) is 16.7. The molecule has 0 amide bonds. The number of nitrogens with one attached hydrogen (secondary N) is 1. The first-order valence-electron chi connectivity index (χ1n) is 9.23. The average Bonchev–Trinajstić information content (AvgIpc) is 3.15. The third-order valence-electron chi connectivity index (χ3n) is 4.18. The minimum atomic E-state index is 0.135. The summed E-state index contributed by atoms with van der Waals surface area (Å²) in [5.41, 5.74) is 2.65. The molecule has 0 unspecified atom stereocenters. The number of anilines is 1. The fourth-order valence-corrected chi connectivity index (χ4v) is 3.33. The Labute approximate surface area is 172 Å². The number of thiophene rings is 1. The minimum absolute atomic E-state index is 0.135. The van der Waals surface area contributed by atoms with Crippen molar-refractivity contribution in [1.82, 2.24) is 5.32 Å². The second-order valence-corrected chi connectivity index (χ2v) is 8.61. The van der Waals surface area contributed by atoms with Crippen LogP contribution in [0.2, 0.25) is 0 Å². The molecule has 1 N–H and O–H groups in total. The standard InChI is InChI=1S/C21H30N2O2S2/c1-21(2,3)17-6-8-19(9-7-17)25-20(26)22-11-5-13-24-14-12-23(4)18-10-15-27-16-18/h6-10,15-16H,5,11-14H2,1-4H3,(H,22,26). The van der Waals surface area contributed by atoms with E-state index in [1.165, 1.54) is 11.3 Å². The fraction of sp³-hybridized carbons (Fsp3) is 0.476. The second kappa shape index (κ2) is 10.6. The Morgan fingerprint density at radius 3 is 2.52 bits per heavy atom. The van der Waals surface area contributed by atoms with Crippen LogP contribution < -0.4 is 15.0 Å². The first-order valence-corrected chi connectivity index (χ1v) is 10.6. The lowest BCUT2D eigenvalue weighted by Crippen LogP contribution is -2.28. The highest BCUT2D eigenvalue weighted by molar-refractivity contribution is 7.80. The highest BCUT2D eigenvalue weighted by Crippen LogP contribution is 2.24. The summed E-state index contributed by atoms with van der Waals surface area (Å²) in [4.78, 5) is 2.20. The molecule has 0 spiro atoms. The second-order valence-electron chi connectivity index (χ2n) is 7.46. The average molecular weight is 407 g/mol. The van der Waals surface area contributed by atoms with Gasteiger partial charge in [-0.05, 0) is 53.2 Å². The number of ether oxygens (including phenoxy) is 2. The predicted octanol–water partition coefficient (Wildman–Crippen LogP) is 4.84. The summed E-state index contributed by atoms with van der Waals surface area (Å²) in [6.45, 7) is 9.61. The van der Waals surface area contributed by atoms with Gasteiger partial charge in [-0.3, -0.25) is 0 Å². The number of nitrogens with zero attached hydrogens (tertiary/aromatic N) is 1. The van der Waals surface area contributed by atoms with E-state index in [-0.39, 0.29) is 5.41 Å². The fourth-order valence-electron chi connectivity index (χ4n) is 2.44. The van der Waals surface area contributed by atoms with Gasteiger partial charge in [0.2, 0.25) is 0 Å².